The fourth-order valence-corrected chi connectivity index (χ4v) is 2.24. The first-order valence-electron chi connectivity index (χ1n) is 6.57. The molecule has 0 atom stereocenters. The molecule has 0 aromatic heterocycles. The van der Waals surface area contributed by atoms with Crippen LogP contribution >= 0.6 is 11.6 Å². The van der Waals surface area contributed by atoms with Crippen LogP contribution in [0.5, 0.6) is 0 Å². The first-order chi connectivity index (χ1) is 9.56. The van der Waals surface area contributed by atoms with Gasteiger partial charge >= 0.3 is 0 Å². The van der Waals surface area contributed by atoms with Crippen LogP contribution in [0.15, 0.2) is 24.3 Å². The van der Waals surface area contributed by atoms with Crippen molar-refractivity contribution in [1.82, 2.24) is 9.80 Å². The summed E-state index contributed by atoms with van der Waals surface area (Å²) in [4.78, 5) is 27.7. The molecule has 1 heterocycles. The van der Waals surface area contributed by atoms with E-state index < -0.39 is 0 Å². The van der Waals surface area contributed by atoms with Crippen molar-refractivity contribution in [2.24, 2.45) is 0 Å². The minimum Gasteiger partial charge on any atom is -0.340 e. The number of para-hydroxylation sites is 1. The number of carbonyl (C=O) groups is 2. The molecule has 1 aromatic carbocycles. The fourth-order valence-electron chi connectivity index (χ4n) is 2.06. The molecule has 5 nitrogen and oxygen atoms in total. The number of carbonyl (C=O) groups excluding carboxylic acids is 2. The second kappa shape index (κ2) is 6.72. The molecule has 0 aliphatic carbocycles. The smallest absolute Gasteiger partial charge is 0.233 e. The maximum absolute atomic E-state index is 12.0. The Morgan fingerprint density at radius 2 is 1.85 bits per heavy atom. The number of likely N-dealkylation sites (N-methyl/N-ethyl adjacent to an activating group) is 1. The van der Waals surface area contributed by atoms with E-state index in [9.17, 15) is 9.59 Å². The van der Waals surface area contributed by atoms with E-state index in [1.807, 2.05) is 7.05 Å². The summed E-state index contributed by atoms with van der Waals surface area (Å²) < 4.78 is 0. The van der Waals surface area contributed by atoms with Crippen LogP contribution in [0.3, 0.4) is 0 Å². The molecule has 108 valence electrons. The standard InChI is InChI=1S/C14H18ClN3O2/c1-17-6-8-18(9-7-17)14(20)10-13(19)16-12-5-3-2-4-11(12)15/h2-5H,6-10H2,1H3,(H,16,19). The second-order valence-corrected chi connectivity index (χ2v) is 5.30. The van der Waals surface area contributed by atoms with Crippen LogP contribution in [0.1, 0.15) is 6.42 Å². The molecule has 0 unspecified atom stereocenters. The van der Waals surface area contributed by atoms with E-state index in [0.29, 0.717) is 23.8 Å². The van der Waals surface area contributed by atoms with E-state index in [1.165, 1.54) is 0 Å². The van der Waals surface area contributed by atoms with Crippen molar-refractivity contribution >= 4 is 29.1 Å². The summed E-state index contributed by atoms with van der Waals surface area (Å²) in [5.41, 5.74) is 0.533. The summed E-state index contributed by atoms with van der Waals surface area (Å²) in [5.74, 6) is -0.468. The Morgan fingerprint density at radius 1 is 1.20 bits per heavy atom. The Bertz CT molecular complexity index is 499. The van der Waals surface area contributed by atoms with Crippen LogP contribution < -0.4 is 5.32 Å². The lowest BCUT2D eigenvalue weighted by Gasteiger charge is -2.32. The maximum atomic E-state index is 12.0. The largest absolute Gasteiger partial charge is 0.340 e. The van der Waals surface area contributed by atoms with Crippen LogP contribution in [-0.4, -0.2) is 54.8 Å². The average Bonchev–Trinajstić information content (AvgIpc) is 2.42. The van der Waals surface area contributed by atoms with Crippen LogP contribution in [-0.2, 0) is 9.59 Å². The third-order valence-electron chi connectivity index (χ3n) is 3.32. The number of hydrogen-bond acceptors (Lipinski definition) is 3. The molecule has 0 bridgehead atoms. The lowest BCUT2D eigenvalue weighted by Crippen LogP contribution is -2.47. The monoisotopic (exact) mass is 295 g/mol. The number of halogens is 1. The van der Waals surface area contributed by atoms with Gasteiger partial charge in [0, 0.05) is 26.2 Å². The lowest BCUT2D eigenvalue weighted by atomic mass is 10.2. The zero-order valence-corrected chi connectivity index (χ0v) is 12.2. The molecule has 1 aromatic rings. The lowest BCUT2D eigenvalue weighted by molar-refractivity contribution is -0.135. The van der Waals surface area contributed by atoms with E-state index in [2.05, 4.69) is 10.2 Å². The first kappa shape index (κ1) is 14.8. The van der Waals surface area contributed by atoms with Crippen molar-refractivity contribution in [2.45, 2.75) is 6.42 Å². The van der Waals surface area contributed by atoms with Crippen molar-refractivity contribution in [3.63, 3.8) is 0 Å². The van der Waals surface area contributed by atoms with E-state index in [4.69, 9.17) is 11.6 Å². The molecular formula is C14H18ClN3O2. The van der Waals surface area contributed by atoms with Gasteiger partial charge in [0.25, 0.3) is 0 Å². The molecule has 20 heavy (non-hydrogen) atoms. The Balaban J connectivity index is 1.85. The molecule has 1 N–H and O–H groups in total. The quantitative estimate of drug-likeness (QED) is 0.859. The highest BCUT2D eigenvalue weighted by Crippen LogP contribution is 2.20. The number of rotatable bonds is 3. The fraction of sp³-hybridized carbons (Fsp3) is 0.429. The van der Waals surface area contributed by atoms with Gasteiger partial charge in [-0.05, 0) is 19.2 Å². The van der Waals surface area contributed by atoms with Gasteiger partial charge < -0.3 is 15.1 Å². The number of nitrogens with one attached hydrogen (secondary N) is 1. The predicted octanol–water partition coefficient (Wildman–Crippen LogP) is 1.44. The topological polar surface area (TPSA) is 52.7 Å². The summed E-state index contributed by atoms with van der Waals surface area (Å²) in [6.07, 6.45) is -0.144. The molecule has 1 fully saturated rings. The molecule has 2 amide bonds. The van der Waals surface area contributed by atoms with Crippen molar-refractivity contribution in [3.05, 3.63) is 29.3 Å². The Morgan fingerprint density at radius 3 is 2.50 bits per heavy atom. The Kier molecular flexibility index (Phi) is 4.98. The van der Waals surface area contributed by atoms with Crippen LogP contribution in [0.2, 0.25) is 5.02 Å². The van der Waals surface area contributed by atoms with Gasteiger partial charge in [-0.1, -0.05) is 23.7 Å². The van der Waals surface area contributed by atoms with Gasteiger partial charge in [0.2, 0.25) is 11.8 Å². The van der Waals surface area contributed by atoms with Crippen LogP contribution in [0.25, 0.3) is 0 Å². The van der Waals surface area contributed by atoms with Gasteiger partial charge in [-0.25, -0.2) is 0 Å². The molecule has 1 saturated heterocycles. The highest BCUT2D eigenvalue weighted by atomic mass is 35.5. The average molecular weight is 296 g/mol. The number of benzene rings is 1. The third-order valence-corrected chi connectivity index (χ3v) is 3.65. The van der Waals surface area contributed by atoms with Crippen LogP contribution in [0, 0.1) is 0 Å². The summed E-state index contributed by atoms with van der Waals surface area (Å²) in [5, 5.41) is 3.13. The zero-order valence-electron chi connectivity index (χ0n) is 11.4. The van der Waals surface area contributed by atoms with Crippen molar-refractivity contribution in [2.75, 3.05) is 38.5 Å². The maximum Gasteiger partial charge on any atom is 0.233 e. The molecule has 0 saturated carbocycles. The van der Waals surface area contributed by atoms with Gasteiger partial charge in [0.1, 0.15) is 6.42 Å². The van der Waals surface area contributed by atoms with E-state index in [-0.39, 0.29) is 18.2 Å². The van der Waals surface area contributed by atoms with Crippen LogP contribution in [0.4, 0.5) is 5.69 Å². The summed E-state index contributed by atoms with van der Waals surface area (Å²) in [6.45, 7) is 3.04. The number of piperazine rings is 1. The van der Waals surface area contributed by atoms with Crippen molar-refractivity contribution < 1.29 is 9.59 Å². The molecule has 1 aliphatic rings. The second-order valence-electron chi connectivity index (χ2n) is 4.89. The molecule has 0 radical (unpaired) electrons. The summed E-state index contributed by atoms with van der Waals surface area (Å²) in [6, 6.07) is 6.97. The molecule has 0 spiro atoms. The van der Waals surface area contributed by atoms with Gasteiger partial charge in [0.05, 0.1) is 10.7 Å². The van der Waals surface area contributed by atoms with Gasteiger partial charge in [-0.15, -0.1) is 0 Å². The molecular weight excluding hydrogens is 278 g/mol. The number of amides is 2. The van der Waals surface area contributed by atoms with Gasteiger partial charge in [-0.3, -0.25) is 9.59 Å². The minimum absolute atomic E-state index is 0.136. The summed E-state index contributed by atoms with van der Waals surface area (Å²) >= 11 is 5.95. The third kappa shape index (κ3) is 3.95. The normalized spacial score (nSPS) is 16.0. The molecule has 2 rings (SSSR count). The highest BCUT2D eigenvalue weighted by molar-refractivity contribution is 6.33. The van der Waals surface area contributed by atoms with Gasteiger partial charge in [-0.2, -0.15) is 0 Å². The van der Waals surface area contributed by atoms with Crippen molar-refractivity contribution in [3.8, 4) is 0 Å². The SMILES string of the molecule is CN1CCN(C(=O)CC(=O)Nc2ccccc2Cl)CC1. The van der Waals surface area contributed by atoms with E-state index in [0.717, 1.165) is 13.1 Å². The zero-order chi connectivity index (χ0) is 14.5. The van der Waals surface area contributed by atoms with E-state index in [1.54, 1.807) is 29.2 Å². The Hall–Kier alpha value is -1.59. The van der Waals surface area contributed by atoms with Gasteiger partial charge in [0.15, 0.2) is 0 Å². The number of anilines is 1. The Labute approximate surface area is 123 Å². The first-order valence-corrected chi connectivity index (χ1v) is 6.95. The van der Waals surface area contributed by atoms with Crippen molar-refractivity contribution in [1.29, 1.82) is 0 Å². The number of nitrogens with zero attached hydrogens (tertiary/aromatic N) is 2. The minimum atomic E-state index is -0.331. The molecule has 1 aliphatic heterocycles. The highest BCUT2D eigenvalue weighted by Gasteiger charge is 2.21. The predicted molar refractivity (Wildman–Crippen MR) is 78.8 cm³/mol. The molecule has 6 heteroatoms. The number of hydrogen-bond donors (Lipinski definition) is 1. The summed E-state index contributed by atoms with van der Waals surface area (Å²) in [7, 11) is 2.02. The van der Waals surface area contributed by atoms with E-state index >= 15 is 0 Å².